The fourth-order valence-corrected chi connectivity index (χ4v) is 2.21. The van der Waals surface area contributed by atoms with Crippen LogP contribution in [0.3, 0.4) is 0 Å². The third kappa shape index (κ3) is 1.76. The Kier molecular flexibility index (Phi) is 2.75. The molecule has 0 spiro atoms. The van der Waals surface area contributed by atoms with Gasteiger partial charge >= 0.3 is 5.97 Å². The lowest BCUT2D eigenvalue weighted by Gasteiger charge is -2.25. The molecule has 0 unspecified atom stereocenters. The summed E-state index contributed by atoms with van der Waals surface area (Å²) in [5.41, 5.74) is 1.62. The lowest BCUT2D eigenvalue weighted by molar-refractivity contribution is -0.138. The smallest absolute Gasteiger partial charge is 0.335 e. The molecule has 82 valence electrons. The molecule has 0 aliphatic carbocycles. The molecule has 15 heavy (non-hydrogen) atoms. The Hall–Kier alpha value is -1.32. The Morgan fingerprint density at radius 3 is 2.93 bits per heavy atom. The molecule has 0 saturated carbocycles. The van der Waals surface area contributed by atoms with Crippen molar-refractivity contribution in [2.24, 2.45) is 0 Å². The minimum atomic E-state index is -0.246. The molecule has 2 aliphatic heterocycles. The summed E-state index contributed by atoms with van der Waals surface area (Å²) < 4.78 is 4.98. The molecule has 2 heterocycles. The monoisotopic (exact) mass is 209 g/mol. The Morgan fingerprint density at radius 1 is 1.40 bits per heavy atom. The number of carbonyl (C=O) groups excluding carboxylic acids is 2. The highest BCUT2D eigenvalue weighted by Gasteiger charge is 2.33. The van der Waals surface area contributed by atoms with E-state index in [1.165, 1.54) is 0 Å². The van der Waals surface area contributed by atoms with Gasteiger partial charge < -0.3 is 9.64 Å². The number of allylic oxidation sites excluding steroid dienone is 1. The first-order valence-corrected chi connectivity index (χ1v) is 5.43. The summed E-state index contributed by atoms with van der Waals surface area (Å²) in [6.45, 7) is 2.84. The number of carbonyl (C=O) groups is 2. The number of fused-ring (bicyclic) bond motifs is 1. The molecule has 0 atom stereocenters. The van der Waals surface area contributed by atoms with Crippen LogP contribution in [-0.2, 0) is 14.3 Å². The average molecular weight is 209 g/mol. The van der Waals surface area contributed by atoms with Gasteiger partial charge in [-0.2, -0.15) is 0 Å². The van der Waals surface area contributed by atoms with E-state index in [2.05, 4.69) is 0 Å². The number of esters is 1. The molecule has 2 rings (SSSR count). The molecule has 4 heteroatoms. The summed E-state index contributed by atoms with van der Waals surface area (Å²) in [5, 5.41) is 0. The Balaban J connectivity index is 2.20. The van der Waals surface area contributed by atoms with Crippen LogP contribution in [0.15, 0.2) is 11.3 Å². The summed E-state index contributed by atoms with van der Waals surface area (Å²) in [5.74, 6) is -0.0970. The molecule has 1 saturated heterocycles. The second-order valence-corrected chi connectivity index (χ2v) is 3.79. The van der Waals surface area contributed by atoms with Crippen molar-refractivity contribution in [3.05, 3.63) is 11.3 Å². The van der Waals surface area contributed by atoms with E-state index < -0.39 is 0 Å². The highest BCUT2D eigenvalue weighted by atomic mass is 16.5. The van der Waals surface area contributed by atoms with E-state index >= 15 is 0 Å². The van der Waals surface area contributed by atoms with Crippen molar-refractivity contribution in [2.45, 2.75) is 32.6 Å². The molecule has 4 nitrogen and oxygen atoms in total. The molecule has 0 aromatic carbocycles. The molecule has 0 aromatic heterocycles. The predicted molar refractivity (Wildman–Crippen MR) is 53.8 cm³/mol. The van der Waals surface area contributed by atoms with Crippen LogP contribution in [0.2, 0.25) is 0 Å². The zero-order chi connectivity index (χ0) is 10.8. The number of ether oxygens (including phenoxy) is 1. The quantitative estimate of drug-likeness (QED) is 0.642. The van der Waals surface area contributed by atoms with Crippen molar-refractivity contribution in [3.8, 4) is 0 Å². The van der Waals surface area contributed by atoms with Crippen LogP contribution >= 0.6 is 0 Å². The lowest BCUT2D eigenvalue weighted by atomic mass is 10.1. The van der Waals surface area contributed by atoms with Crippen LogP contribution in [0, 0.1) is 0 Å². The zero-order valence-corrected chi connectivity index (χ0v) is 8.91. The SMILES string of the molecule is CCOC(=O)C1=C2CCCC(=O)N2CC1. The molecule has 1 fully saturated rings. The first-order chi connectivity index (χ1) is 7.24. The number of hydrogen-bond acceptors (Lipinski definition) is 3. The van der Waals surface area contributed by atoms with Gasteiger partial charge in [0, 0.05) is 18.7 Å². The molecule has 0 bridgehead atoms. The average Bonchev–Trinajstić information content (AvgIpc) is 2.63. The van der Waals surface area contributed by atoms with Crippen LogP contribution < -0.4 is 0 Å². The summed E-state index contributed by atoms with van der Waals surface area (Å²) in [6, 6.07) is 0. The highest BCUT2D eigenvalue weighted by Crippen LogP contribution is 2.32. The fourth-order valence-electron chi connectivity index (χ4n) is 2.21. The topological polar surface area (TPSA) is 46.6 Å². The van der Waals surface area contributed by atoms with Gasteiger partial charge in [-0.1, -0.05) is 0 Å². The van der Waals surface area contributed by atoms with Crippen LogP contribution in [0.1, 0.15) is 32.6 Å². The predicted octanol–water partition coefficient (Wildman–Crippen LogP) is 1.22. The third-order valence-electron chi connectivity index (χ3n) is 2.89. The number of amides is 1. The Morgan fingerprint density at radius 2 is 2.20 bits per heavy atom. The van der Waals surface area contributed by atoms with E-state index in [1.54, 1.807) is 11.8 Å². The number of piperidine rings is 1. The van der Waals surface area contributed by atoms with Gasteiger partial charge in [-0.3, -0.25) is 4.79 Å². The number of rotatable bonds is 2. The summed E-state index contributed by atoms with van der Waals surface area (Å²) in [7, 11) is 0. The fraction of sp³-hybridized carbons (Fsp3) is 0.636. The minimum Gasteiger partial charge on any atom is -0.463 e. The minimum absolute atomic E-state index is 0.149. The summed E-state index contributed by atoms with van der Waals surface area (Å²) in [6.07, 6.45) is 2.95. The molecule has 2 aliphatic rings. The van der Waals surface area contributed by atoms with Crippen LogP contribution in [0.4, 0.5) is 0 Å². The number of hydrogen-bond donors (Lipinski definition) is 0. The van der Waals surface area contributed by atoms with Gasteiger partial charge in [-0.15, -0.1) is 0 Å². The summed E-state index contributed by atoms with van der Waals surface area (Å²) in [4.78, 5) is 24.9. The number of nitrogens with zero attached hydrogens (tertiary/aromatic N) is 1. The zero-order valence-electron chi connectivity index (χ0n) is 8.91. The van der Waals surface area contributed by atoms with Crippen molar-refractivity contribution in [1.82, 2.24) is 4.90 Å². The molecular weight excluding hydrogens is 194 g/mol. The summed E-state index contributed by atoms with van der Waals surface area (Å²) >= 11 is 0. The molecular formula is C11H15NO3. The van der Waals surface area contributed by atoms with Gasteiger partial charge in [-0.05, 0) is 26.2 Å². The van der Waals surface area contributed by atoms with Gasteiger partial charge in [0.1, 0.15) is 0 Å². The first kappa shape index (κ1) is 10.2. The van der Waals surface area contributed by atoms with Gasteiger partial charge in [0.15, 0.2) is 0 Å². The van der Waals surface area contributed by atoms with Crippen molar-refractivity contribution in [3.63, 3.8) is 0 Å². The van der Waals surface area contributed by atoms with Gasteiger partial charge in [0.25, 0.3) is 0 Å². The second-order valence-electron chi connectivity index (χ2n) is 3.79. The molecule has 0 N–H and O–H groups in total. The normalized spacial score (nSPS) is 20.6. The maximum Gasteiger partial charge on any atom is 0.335 e. The van der Waals surface area contributed by atoms with Crippen LogP contribution in [0.25, 0.3) is 0 Å². The highest BCUT2D eigenvalue weighted by molar-refractivity contribution is 5.92. The van der Waals surface area contributed by atoms with E-state index in [1.807, 2.05) is 0 Å². The van der Waals surface area contributed by atoms with E-state index in [9.17, 15) is 9.59 Å². The van der Waals surface area contributed by atoms with E-state index in [4.69, 9.17) is 4.74 Å². The van der Waals surface area contributed by atoms with Crippen molar-refractivity contribution >= 4 is 11.9 Å². The molecule has 1 amide bonds. The largest absolute Gasteiger partial charge is 0.463 e. The Bertz CT molecular complexity index is 333. The van der Waals surface area contributed by atoms with Gasteiger partial charge in [0.05, 0.1) is 12.2 Å². The lowest BCUT2D eigenvalue weighted by Crippen LogP contribution is -2.31. The third-order valence-corrected chi connectivity index (χ3v) is 2.89. The molecule has 0 radical (unpaired) electrons. The van der Waals surface area contributed by atoms with Crippen molar-refractivity contribution in [2.75, 3.05) is 13.2 Å². The first-order valence-electron chi connectivity index (χ1n) is 5.43. The van der Waals surface area contributed by atoms with Crippen LogP contribution in [0.5, 0.6) is 0 Å². The second kappa shape index (κ2) is 4.04. The van der Waals surface area contributed by atoms with E-state index in [-0.39, 0.29) is 11.9 Å². The maximum absolute atomic E-state index is 11.6. The van der Waals surface area contributed by atoms with Gasteiger partial charge in [-0.25, -0.2) is 4.79 Å². The van der Waals surface area contributed by atoms with Gasteiger partial charge in [0.2, 0.25) is 5.91 Å². The standard InChI is InChI=1S/C11H15NO3/c1-2-15-11(14)8-6-7-12-9(8)4-3-5-10(12)13/h2-7H2,1H3. The Labute approximate surface area is 88.9 Å². The van der Waals surface area contributed by atoms with Crippen molar-refractivity contribution < 1.29 is 14.3 Å². The van der Waals surface area contributed by atoms with E-state index in [0.717, 1.165) is 18.5 Å². The van der Waals surface area contributed by atoms with E-state index in [0.29, 0.717) is 31.6 Å². The maximum atomic E-state index is 11.6. The van der Waals surface area contributed by atoms with Crippen molar-refractivity contribution in [1.29, 1.82) is 0 Å². The van der Waals surface area contributed by atoms with Crippen LogP contribution in [-0.4, -0.2) is 29.9 Å². The molecule has 0 aromatic rings.